The zero-order valence-electron chi connectivity index (χ0n) is 13.1. The Hall–Kier alpha value is -1.30. The molecule has 114 valence electrons. The predicted octanol–water partition coefficient (Wildman–Crippen LogP) is 3.83. The highest BCUT2D eigenvalue weighted by Crippen LogP contribution is 2.24. The second-order valence-electron chi connectivity index (χ2n) is 5.15. The molecule has 0 aromatic carbocycles. The minimum Gasteiger partial charge on any atom is -0.372 e. The third-order valence-corrected chi connectivity index (χ3v) is 4.65. The summed E-state index contributed by atoms with van der Waals surface area (Å²) in [6, 6.07) is 4.46. The van der Waals surface area contributed by atoms with Crippen LogP contribution in [0.3, 0.4) is 0 Å². The van der Waals surface area contributed by atoms with Gasteiger partial charge in [-0.15, -0.1) is 11.3 Å². The molecule has 0 spiro atoms. The van der Waals surface area contributed by atoms with Gasteiger partial charge < -0.3 is 4.74 Å². The molecular weight excluding hydrogens is 282 g/mol. The first-order chi connectivity index (χ1) is 10.1. The van der Waals surface area contributed by atoms with Crippen molar-refractivity contribution in [3.8, 4) is 0 Å². The molecule has 2 rings (SSSR count). The van der Waals surface area contributed by atoms with Gasteiger partial charge in [-0.2, -0.15) is 0 Å². The average molecular weight is 305 g/mol. The van der Waals surface area contributed by atoms with Gasteiger partial charge in [-0.1, -0.05) is 0 Å². The van der Waals surface area contributed by atoms with Crippen LogP contribution in [0.25, 0.3) is 0 Å². The van der Waals surface area contributed by atoms with E-state index in [1.165, 1.54) is 5.56 Å². The second-order valence-corrected chi connectivity index (χ2v) is 6.04. The van der Waals surface area contributed by atoms with Gasteiger partial charge in [-0.25, -0.2) is 4.98 Å². The second kappa shape index (κ2) is 7.64. The van der Waals surface area contributed by atoms with Crippen molar-refractivity contribution in [1.29, 1.82) is 0 Å². The quantitative estimate of drug-likeness (QED) is 0.779. The van der Waals surface area contributed by atoms with Gasteiger partial charge in [0.05, 0.1) is 5.69 Å². The summed E-state index contributed by atoms with van der Waals surface area (Å²) in [5.41, 5.74) is 2.37. The molecule has 2 atom stereocenters. The fraction of sp³-hybridized carbons (Fsp3) is 0.500. The van der Waals surface area contributed by atoms with Gasteiger partial charge in [0, 0.05) is 37.0 Å². The van der Waals surface area contributed by atoms with Crippen LogP contribution in [-0.2, 0) is 11.3 Å². The molecule has 0 aliphatic carbocycles. The largest absolute Gasteiger partial charge is 0.372 e. The number of hydrogen-bond donors (Lipinski definition) is 0. The van der Waals surface area contributed by atoms with Crippen molar-refractivity contribution in [3.63, 3.8) is 0 Å². The molecule has 0 radical (unpaired) electrons. The van der Waals surface area contributed by atoms with Gasteiger partial charge in [0.15, 0.2) is 0 Å². The molecule has 2 aromatic heterocycles. The van der Waals surface area contributed by atoms with E-state index in [0.29, 0.717) is 6.04 Å². The Kier molecular flexibility index (Phi) is 5.85. The van der Waals surface area contributed by atoms with Crippen LogP contribution in [0.15, 0.2) is 29.9 Å². The lowest BCUT2D eigenvalue weighted by Gasteiger charge is -2.24. The Morgan fingerprint density at radius 1 is 1.29 bits per heavy atom. The summed E-state index contributed by atoms with van der Waals surface area (Å²) in [5, 5.41) is 3.18. The van der Waals surface area contributed by atoms with Crippen molar-refractivity contribution in [2.24, 2.45) is 0 Å². The zero-order valence-corrected chi connectivity index (χ0v) is 13.9. The highest BCUT2D eigenvalue weighted by atomic mass is 32.1. The molecule has 4 nitrogen and oxygen atoms in total. The van der Waals surface area contributed by atoms with Crippen molar-refractivity contribution in [2.45, 2.75) is 39.5 Å². The van der Waals surface area contributed by atoms with Crippen LogP contribution in [0.2, 0.25) is 0 Å². The van der Waals surface area contributed by atoms with E-state index < -0.39 is 0 Å². The Bertz CT molecular complexity index is 543. The van der Waals surface area contributed by atoms with Crippen LogP contribution < -0.4 is 0 Å². The summed E-state index contributed by atoms with van der Waals surface area (Å²) in [7, 11) is 2.12. The van der Waals surface area contributed by atoms with E-state index in [-0.39, 0.29) is 6.10 Å². The normalized spacial score (nSPS) is 14.3. The Balaban J connectivity index is 1.98. The fourth-order valence-corrected chi connectivity index (χ4v) is 3.01. The number of rotatable bonds is 7. The van der Waals surface area contributed by atoms with Gasteiger partial charge in [0.1, 0.15) is 11.1 Å². The molecule has 0 aliphatic rings. The van der Waals surface area contributed by atoms with Crippen LogP contribution in [0.1, 0.15) is 49.2 Å². The van der Waals surface area contributed by atoms with E-state index in [1.54, 1.807) is 11.3 Å². The number of nitrogens with zero attached hydrogens (tertiary/aromatic N) is 3. The standard InChI is InChI=1S/C16H23N3OS/c1-5-20-13(3)16-18-15(11-21-16)10-19(4)12(2)14-6-8-17-9-7-14/h6-9,11-13H,5,10H2,1-4H3. The molecule has 2 aromatic rings. The summed E-state index contributed by atoms with van der Waals surface area (Å²) >= 11 is 1.67. The summed E-state index contributed by atoms with van der Waals surface area (Å²) in [4.78, 5) is 11.0. The SMILES string of the molecule is CCOC(C)c1nc(CN(C)C(C)c2ccncc2)cs1. The van der Waals surface area contributed by atoms with Crippen LogP contribution in [0.5, 0.6) is 0 Å². The monoisotopic (exact) mass is 305 g/mol. The smallest absolute Gasteiger partial charge is 0.122 e. The lowest BCUT2D eigenvalue weighted by atomic mass is 10.1. The maximum atomic E-state index is 5.59. The van der Waals surface area contributed by atoms with E-state index in [1.807, 2.05) is 19.3 Å². The summed E-state index contributed by atoms with van der Waals surface area (Å²) in [6.07, 6.45) is 3.76. The van der Waals surface area contributed by atoms with Crippen molar-refractivity contribution in [3.05, 3.63) is 46.2 Å². The molecule has 2 heterocycles. The van der Waals surface area contributed by atoms with Crippen LogP contribution in [0.4, 0.5) is 0 Å². The maximum Gasteiger partial charge on any atom is 0.122 e. The third-order valence-electron chi connectivity index (χ3n) is 3.60. The molecule has 0 N–H and O–H groups in total. The predicted molar refractivity (Wildman–Crippen MR) is 86.3 cm³/mol. The van der Waals surface area contributed by atoms with Gasteiger partial charge in [-0.3, -0.25) is 9.88 Å². The first kappa shape index (κ1) is 16.1. The number of ether oxygens (including phenoxy) is 1. The fourth-order valence-electron chi connectivity index (χ4n) is 2.19. The minimum atomic E-state index is 0.0803. The summed E-state index contributed by atoms with van der Waals surface area (Å²) in [5.74, 6) is 0. The topological polar surface area (TPSA) is 38.2 Å². The molecule has 0 saturated heterocycles. The van der Waals surface area contributed by atoms with Crippen LogP contribution in [-0.4, -0.2) is 28.5 Å². The highest BCUT2D eigenvalue weighted by Gasteiger charge is 2.15. The number of aromatic nitrogens is 2. The van der Waals surface area contributed by atoms with E-state index in [9.17, 15) is 0 Å². The lowest BCUT2D eigenvalue weighted by Crippen LogP contribution is -2.22. The first-order valence-corrected chi connectivity index (χ1v) is 8.15. The van der Waals surface area contributed by atoms with E-state index in [2.05, 4.69) is 53.3 Å². The molecule has 0 saturated carbocycles. The van der Waals surface area contributed by atoms with Gasteiger partial charge in [0.25, 0.3) is 0 Å². The molecule has 0 fully saturated rings. The van der Waals surface area contributed by atoms with Crippen LogP contribution in [0, 0.1) is 0 Å². The molecule has 0 amide bonds. The number of pyridine rings is 1. The first-order valence-electron chi connectivity index (χ1n) is 7.27. The molecular formula is C16H23N3OS. The van der Waals surface area contributed by atoms with Crippen molar-refractivity contribution < 1.29 is 4.74 Å². The van der Waals surface area contributed by atoms with Gasteiger partial charge >= 0.3 is 0 Å². The van der Waals surface area contributed by atoms with E-state index in [0.717, 1.165) is 23.9 Å². The zero-order chi connectivity index (χ0) is 15.2. The lowest BCUT2D eigenvalue weighted by molar-refractivity contribution is 0.0760. The van der Waals surface area contributed by atoms with Gasteiger partial charge in [-0.05, 0) is 45.5 Å². The van der Waals surface area contributed by atoms with E-state index in [4.69, 9.17) is 4.74 Å². The average Bonchev–Trinajstić information content (AvgIpc) is 2.96. The Morgan fingerprint density at radius 3 is 2.67 bits per heavy atom. The Morgan fingerprint density at radius 2 is 2.00 bits per heavy atom. The molecule has 5 heteroatoms. The molecule has 0 aliphatic heterocycles. The Labute approximate surface area is 130 Å². The number of hydrogen-bond acceptors (Lipinski definition) is 5. The van der Waals surface area contributed by atoms with E-state index >= 15 is 0 Å². The summed E-state index contributed by atoms with van der Waals surface area (Å²) < 4.78 is 5.59. The summed E-state index contributed by atoms with van der Waals surface area (Å²) in [6.45, 7) is 7.81. The minimum absolute atomic E-state index is 0.0803. The third kappa shape index (κ3) is 4.33. The maximum absolute atomic E-state index is 5.59. The van der Waals surface area contributed by atoms with Gasteiger partial charge in [0.2, 0.25) is 0 Å². The van der Waals surface area contributed by atoms with Crippen molar-refractivity contribution in [1.82, 2.24) is 14.9 Å². The molecule has 21 heavy (non-hydrogen) atoms. The van der Waals surface area contributed by atoms with Crippen molar-refractivity contribution in [2.75, 3.05) is 13.7 Å². The molecule has 0 bridgehead atoms. The van der Waals surface area contributed by atoms with Crippen LogP contribution >= 0.6 is 11.3 Å². The molecule has 2 unspecified atom stereocenters. The number of thiazole rings is 1. The highest BCUT2D eigenvalue weighted by molar-refractivity contribution is 7.09. The van der Waals surface area contributed by atoms with Crippen molar-refractivity contribution >= 4 is 11.3 Å².